The van der Waals surface area contributed by atoms with Gasteiger partial charge in [-0.25, -0.2) is 9.78 Å². The Hall–Kier alpha value is -3.00. The highest BCUT2D eigenvalue weighted by Crippen LogP contribution is 2.34. The SMILES string of the molecule is COc1ccc2nc(Oc3ccc(OC[C@H]4CCCN4C(=O)OC(C)(C)C)cc3)sc2c1. The Kier molecular flexibility index (Phi) is 6.41. The number of methoxy groups -OCH3 is 1. The van der Waals surface area contributed by atoms with Crippen molar-refractivity contribution < 1.29 is 23.7 Å². The number of aromatic nitrogens is 1. The predicted octanol–water partition coefficient (Wildman–Crippen LogP) is 5.88. The highest BCUT2D eigenvalue weighted by molar-refractivity contribution is 7.20. The number of nitrogens with zero attached hydrogens (tertiary/aromatic N) is 2. The minimum atomic E-state index is -0.504. The molecule has 1 aromatic heterocycles. The Morgan fingerprint density at radius 3 is 2.56 bits per heavy atom. The van der Waals surface area contributed by atoms with Gasteiger partial charge in [0.15, 0.2) is 0 Å². The first kappa shape index (κ1) is 22.2. The molecule has 0 unspecified atom stereocenters. The van der Waals surface area contributed by atoms with Gasteiger partial charge in [0.2, 0.25) is 0 Å². The highest BCUT2D eigenvalue weighted by atomic mass is 32.1. The minimum Gasteiger partial charge on any atom is -0.497 e. The van der Waals surface area contributed by atoms with Crippen LogP contribution < -0.4 is 14.2 Å². The van der Waals surface area contributed by atoms with Gasteiger partial charge in [-0.1, -0.05) is 11.3 Å². The molecule has 0 saturated carbocycles. The fourth-order valence-electron chi connectivity index (χ4n) is 3.52. The molecule has 0 N–H and O–H groups in total. The van der Waals surface area contributed by atoms with Gasteiger partial charge in [0.25, 0.3) is 5.19 Å². The van der Waals surface area contributed by atoms with Gasteiger partial charge in [0, 0.05) is 6.54 Å². The Morgan fingerprint density at radius 2 is 1.84 bits per heavy atom. The van der Waals surface area contributed by atoms with Gasteiger partial charge < -0.3 is 23.8 Å². The van der Waals surface area contributed by atoms with Gasteiger partial charge in [0.05, 0.1) is 23.4 Å². The fraction of sp³-hybridized carbons (Fsp3) is 0.417. The highest BCUT2D eigenvalue weighted by Gasteiger charge is 2.32. The number of ether oxygens (including phenoxy) is 4. The van der Waals surface area contributed by atoms with Crippen molar-refractivity contribution in [2.75, 3.05) is 20.3 Å². The number of benzene rings is 2. The summed E-state index contributed by atoms with van der Waals surface area (Å²) in [6, 6.07) is 13.2. The van der Waals surface area contributed by atoms with Crippen molar-refractivity contribution in [3.8, 4) is 22.4 Å². The third kappa shape index (κ3) is 5.43. The minimum absolute atomic E-state index is 0.0144. The third-order valence-corrected chi connectivity index (χ3v) is 5.95. The molecule has 2 aromatic carbocycles. The first-order valence-electron chi connectivity index (χ1n) is 10.7. The van der Waals surface area contributed by atoms with Crippen LogP contribution in [0.5, 0.6) is 22.4 Å². The summed E-state index contributed by atoms with van der Waals surface area (Å²) in [5, 5.41) is 0.570. The molecule has 170 valence electrons. The summed E-state index contributed by atoms with van der Waals surface area (Å²) in [6.45, 7) is 6.76. The predicted molar refractivity (Wildman–Crippen MR) is 124 cm³/mol. The summed E-state index contributed by atoms with van der Waals surface area (Å²) >= 11 is 1.47. The second-order valence-electron chi connectivity index (χ2n) is 8.67. The van der Waals surface area contributed by atoms with Crippen LogP contribution >= 0.6 is 11.3 Å². The molecule has 1 aliphatic heterocycles. The van der Waals surface area contributed by atoms with Crippen molar-refractivity contribution in [2.45, 2.75) is 45.3 Å². The maximum atomic E-state index is 12.4. The topological polar surface area (TPSA) is 70.1 Å². The molecule has 0 bridgehead atoms. The fourth-order valence-corrected chi connectivity index (χ4v) is 4.38. The number of hydrogen-bond donors (Lipinski definition) is 0. The number of rotatable bonds is 6. The van der Waals surface area contributed by atoms with Crippen molar-refractivity contribution in [3.63, 3.8) is 0 Å². The van der Waals surface area contributed by atoms with Gasteiger partial charge in [-0.3, -0.25) is 0 Å². The summed E-state index contributed by atoms with van der Waals surface area (Å²) in [4.78, 5) is 18.7. The van der Waals surface area contributed by atoms with Crippen LogP contribution in [0.25, 0.3) is 10.2 Å². The summed E-state index contributed by atoms with van der Waals surface area (Å²) in [7, 11) is 1.64. The molecule has 1 atom stereocenters. The van der Waals surface area contributed by atoms with Crippen molar-refractivity contribution in [1.82, 2.24) is 9.88 Å². The second-order valence-corrected chi connectivity index (χ2v) is 9.66. The summed E-state index contributed by atoms with van der Waals surface area (Å²) in [6.07, 6.45) is 1.58. The van der Waals surface area contributed by atoms with E-state index in [0.29, 0.717) is 24.1 Å². The molecule has 4 rings (SSSR count). The molecule has 0 radical (unpaired) electrons. The van der Waals surface area contributed by atoms with E-state index in [1.54, 1.807) is 12.0 Å². The maximum absolute atomic E-state index is 12.4. The van der Waals surface area contributed by atoms with E-state index in [4.69, 9.17) is 18.9 Å². The van der Waals surface area contributed by atoms with Crippen LogP contribution in [0.3, 0.4) is 0 Å². The quantitative estimate of drug-likeness (QED) is 0.462. The van der Waals surface area contributed by atoms with E-state index in [1.165, 1.54) is 11.3 Å². The Balaban J connectivity index is 1.33. The van der Waals surface area contributed by atoms with Gasteiger partial charge >= 0.3 is 6.09 Å². The molecule has 1 saturated heterocycles. The number of amides is 1. The molecule has 1 aliphatic rings. The zero-order valence-electron chi connectivity index (χ0n) is 18.8. The average molecular weight is 457 g/mol. The lowest BCUT2D eigenvalue weighted by atomic mass is 10.2. The van der Waals surface area contributed by atoms with Gasteiger partial charge in [0.1, 0.15) is 29.5 Å². The summed E-state index contributed by atoms with van der Waals surface area (Å²) < 4.78 is 23.6. The largest absolute Gasteiger partial charge is 0.497 e. The molecule has 1 fully saturated rings. The Bertz CT molecular complexity index is 1070. The molecule has 1 amide bonds. The van der Waals surface area contributed by atoms with Gasteiger partial charge in [-0.05, 0) is 76.1 Å². The molecule has 32 heavy (non-hydrogen) atoms. The maximum Gasteiger partial charge on any atom is 0.410 e. The molecule has 2 heterocycles. The van der Waals surface area contributed by atoms with E-state index in [2.05, 4.69) is 4.98 Å². The van der Waals surface area contributed by atoms with E-state index < -0.39 is 5.60 Å². The van der Waals surface area contributed by atoms with Crippen LogP contribution in [0.2, 0.25) is 0 Å². The van der Waals surface area contributed by atoms with E-state index >= 15 is 0 Å². The van der Waals surface area contributed by atoms with Crippen LogP contribution in [-0.4, -0.2) is 47.9 Å². The van der Waals surface area contributed by atoms with Crippen LogP contribution in [0.15, 0.2) is 42.5 Å². The van der Waals surface area contributed by atoms with Crippen molar-refractivity contribution in [1.29, 1.82) is 0 Å². The van der Waals surface area contributed by atoms with E-state index in [1.807, 2.05) is 63.2 Å². The Morgan fingerprint density at radius 1 is 1.12 bits per heavy atom. The zero-order valence-corrected chi connectivity index (χ0v) is 19.6. The standard InChI is InChI=1S/C24H28N2O5S/c1-24(2,3)31-23(27)26-13-5-6-16(26)15-29-17-7-9-18(10-8-17)30-22-25-20-12-11-19(28-4)14-21(20)32-22/h7-12,14,16H,5-6,13,15H2,1-4H3/t16-/m1/s1. The number of hydrogen-bond acceptors (Lipinski definition) is 7. The normalized spacial score (nSPS) is 16.2. The number of thiazole rings is 1. The van der Waals surface area contributed by atoms with E-state index in [-0.39, 0.29) is 12.1 Å². The first-order chi connectivity index (χ1) is 15.3. The van der Waals surface area contributed by atoms with Crippen LogP contribution in [0.4, 0.5) is 4.79 Å². The molecule has 0 spiro atoms. The molecule has 0 aliphatic carbocycles. The first-order valence-corrected chi connectivity index (χ1v) is 11.5. The zero-order chi connectivity index (χ0) is 22.7. The molecule has 7 nitrogen and oxygen atoms in total. The van der Waals surface area contributed by atoms with Crippen LogP contribution in [0.1, 0.15) is 33.6 Å². The van der Waals surface area contributed by atoms with E-state index in [0.717, 1.165) is 34.6 Å². The number of carbonyl (C=O) groups excluding carboxylic acids is 1. The van der Waals surface area contributed by atoms with Crippen molar-refractivity contribution >= 4 is 27.6 Å². The summed E-state index contributed by atoms with van der Waals surface area (Å²) in [5.41, 5.74) is 0.368. The van der Waals surface area contributed by atoms with Crippen LogP contribution in [0, 0.1) is 0 Å². The molecule has 8 heteroatoms. The average Bonchev–Trinajstić information content (AvgIpc) is 3.37. The van der Waals surface area contributed by atoms with Crippen LogP contribution in [-0.2, 0) is 4.74 Å². The van der Waals surface area contributed by atoms with Crippen molar-refractivity contribution in [3.05, 3.63) is 42.5 Å². The summed E-state index contributed by atoms with van der Waals surface area (Å²) in [5.74, 6) is 2.20. The lowest BCUT2D eigenvalue weighted by Gasteiger charge is -2.28. The second kappa shape index (κ2) is 9.24. The third-order valence-electron chi connectivity index (χ3n) is 5.05. The number of fused-ring (bicyclic) bond motifs is 1. The molecular weight excluding hydrogens is 428 g/mol. The number of carbonyl (C=O) groups is 1. The van der Waals surface area contributed by atoms with Crippen molar-refractivity contribution in [2.24, 2.45) is 0 Å². The molecule has 3 aromatic rings. The van der Waals surface area contributed by atoms with E-state index in [9.17, 15) is 4.79 Å². The smallest absolute Gasteiger partial charge is 0.410 e. The lowest BCUT2D eigenvalue weighted by Crippen LogP contribution is -2.42. The van der Waals surface area contributed by atoms with Gasteiger partial charge in [-0.2, -0.15) is 0 Å². The van der Waals surface area contributed by atoms with Gasteiger partial charge in [-0.15, -0.1) is 0 Å². The lowest BCUT2D eigenvalue weighted by molar-refractivity contribution is 0.0187. The monoisotopic (exact) mass is 456 g/mol. The Labute approximate surface area is 191 Å². The molecular formula is C24H28N2O5S. The number of likely N-dealkylation sites (tertiary alicyclic amines) is 1.